The van der Waals surface area contributed by atoms with Crippen LogP contribution in [-0.4, -0.2) is 19.7 Å². The summed E-state index contributed by atoms with van der Waals surface area (Å²) in [6.45, 7) is 0. The van der Waals surface area contributed by atoms with Gasteiger partial charge >= 0.3 is 0 Å². The van der Waals surface area contributed by atoms with Crippen LogP contribution in [0.5, 0.6) is 0 Å². The summed E-state index contributed by atoms with van der Waals surface area (Å²) in [6, 6.07) is 7.69. The van der Waals surface area contributed by atoms with Gasteiger partial charge in [-0.15, -0.1) is 0 Å². The number of hydrogen-bond donors (Lipinski definition) is 1. The molecule has 74 valence electrons. The molecule has 0 aliphatic heterocycles. The lowest BCUT2D eigenvalue weighted by molar-refractivity contribution is 0.792. The van der Waals surface area contributed by atoms with Crippen LogP contribution in [0.4, 0.5) is 5.82 Å². The maximum Gasteiger partial charge on any atom is 0.179 e. The number of anilines is 1. The summed E-state index contributed by atoms with van der Waals surface area (Å²) in [4.78, 5) is 8.88. The smallest absolute Gasteiger partial charge is 0.179 e. The normalized spacial score (nSPS) is 11.3. The lowest BCUT2D eigenvalue weighted by atomic mass is 10.3. The number of hydrogen-bond acceptors (Lipinski definition) is 4. The van der Waals surface area contributed by atoms with Crippen molar-refractivity contribution in [3.05, 3.63) is 24.3 Å². The van der Waals surface area contributed by atoms with Gasteiger partial charge in [-0.05, 0) is 12.1 Å². The molecule has 0 saturated heterocycles. The standard InChI is InChI=1S/C10H9N5/c1-15-10-8(9(11)14-15)12-6-4-2-3-5-7(6)13-10/h2-5H,1H3,(H2,11,14). The Balaban J connectivity index is 2.55. The molecule has 0 aliphatic rings. The highest BCUT2D eigenvalue weighted by Crippen LogP contribution is 2.19. The second-order valence-corrected chi connectivity index (χ2v) is 3.39. The van der Waals surface area contributed by atoms with Crippen LogP contribution in [0.2, 0.25) is 0 Å². The molecule has 5 nitrogen and oxygen atoms in total. The minimum atomic E-state index is 0.422. The molecule has 0 saturated carbocycles. The van der Waals surface area contributed by atoms with E-state index in [9.17, 15) is 0 Å². The summed E-state index contributed by atoms with van der Waals surface area (Å²) >= 11 is 0. The fourth-order valence-corrected chi connectivity index (χ4v) is 1.64. The van der Waals surface area contributed by atoms with E-state index in [1.165, 1.54) is 0 Å². The molecule has 2 aromatic heterocycles. The molecule has 3 aromatic rings. The fraction of sp³-hybridized carbons (Fsp3) is 0.100. The zero-order valence-corrected chi connectivity index (χ0v) is 8.18. The largest absolute Gasteiger partial charge is 0.380 e. The molecule has 3 rings (SSSR count). The van der Waals surface area contributed by atoms with E-state index in [1.54, 1.807) is 4.68 Å². The molecule has 2 heterocycles. The van der Waals surface area contributed by atoms with Gasteiger partial charge in [-0.25, -0.2) is 14.6 Å². The number of benzene rings is 1. The third-order valence-electron chi connectivity index (χ3n) is 2.36. The van der Waals surface area contributed by atoms with Gasteiger partial charge in [-0.3, -0.25) is 0 Å². The van der Waals surface area contributed by atoms with Crippen LogP contribution in [0.3, 0.4) is 0 Å². The summed E-state index contributed by atoms with van der Waals surface area (Å²) in [7, 11) is 1.81. The number of aryl methyl sites for hydroxylation is 1. The van der Waals surface area contributed by atoms with Crippen molar-refractivity contribution in [2.45, 2.75) is 0 Å². The van der Waals surface area contributed by atoms with E-state index in [4.69, 9.17) is 5.73 Å². The molecule has 0 atom stereocenters. The predicted molar refractivity (Wildman–Crippen MR) is 58.2 cm³/mol. The average molecular weight is 199 g/mol. The lowest BCUT2D eigenvalue weighted by Gasteiger charge is -1.96. The van der Waals surface area contributed by atoms with Gasteiger partial charge in [-0.2, -0.15) is 5.10 Å². The molecule has 1 aromatic carbocycles. The lowest BCUT2D eigenvalue weighted by Crippen LogP contribution is -1.93. The van der Waals surface area contributed by atoms with Gasteiger partial charge in [0.1, 0.15) is 0 Å². The Morgan fingerprint density at radius 3 is 2.53 bits per heavy atom. The number of para-hydroxylation sites is 2. The van der Waals surface area contributed by atoms with Crippen LogP contribution >= 0.6 is 0 Å². The topological polar surface area (TPSA) is 69.6 Å². The molecule has 2 N–H and O–H groups in total. The van der Waals surface area contributed by atoms with Crippen LogP contribution in [0.25, 0.3) is 22.2 Å². The number of nitrogen functional groups attached to an aromatic ring is 1. The quantitative estimate of drug-likeness (QED) is 0.588. The highest BCUT2D eigenvalue weighted by atomic mass is 15.3. The molecular weight excluding hydrogens is 190 g/mol. The van der Waals surface area contributed by atoms with Crippen LogP contribution in [0.15, 0.2) is 24.3 Å². The van der Waals surface area contributed by atoms with E-state index in [1.807, 2.05) is 31.3 Å². The molecule has 0 bridgehead atoms. The van der Waals surface area contributed by atoms with E-state index in [-0.39, 0.29) is 0 Å². The SMILES string of the molecule is Cn1nc(N)c2nc3ccccc3nc21. The van der Waals surface area contributed by atoms with Gasteiger partial charge in [0, 0.05) is 7.05 Å². The Morgan fingerprint density at radius 2 is 1.80 bits per heavy atom. The summed E-state index contributed by atoms with van der Waals surface area (Å²) in [5.41, 5.74) is 8.80. The molecule has 0 unspecified atom stereocenters. The molecule has 0 radical (unpaired) electrons. The Morgan fingerprint density at radius 1 is 1.13 bits per heavy atom. The Hall–Kier alpha value is -2.17. The van der Waals surface area contributed by atoms with Crippen molar-refractivity contribution in [3.63, 3.8) is 0 Å². The van der Waals surface area contributed by atoms with Crippen LogP contribution in [-0.2, 0) is 7.05 Å². The maximum absolute atomic E-state index is 5.73. The molecular formula is C10H9N5. The number of fused-ring (bicyclic) bond motifs is 2. The highest BCUT2D eigenvalue weighted by Gasteiger charge is 2.09. The molecule has 0 spiro atoms. The van der Waals surface area contributed by atoms with Gasteiger partial charge in [0.05, 0.1) is 11.0 Å². The number of rotatable bonds is 0. The van der Waals surface area contributed by atoms with Crippen molar-refractivity contribution in [2.24, 2.45) is 7.05 Å². The predicted octanol–water partition coefficient (Wildman–Crippen LogP) is 1.10. The summed E-state index contributed by atoms with van der Waals surface area (Å²) in [5, 5.41) is 4.08. The minimum absolute atomic E-state index is 0.422. The molecule has 0 fully saturated rings. The van der Waals surface area contributed by atoms with Crippen molar-refractivity contribution in [1.29, 1.82) is 0 Å². The zero-order valence-electron chi connectivity index (χ0n) is 8.18. The monoisotopic (exact) mass is 199 g/mol. The van der Waals surface area contributed by atoms with E-state index in [2.05, 4.69) is 15.1 Å². The van der Waals surface area contributed by atoms with Gasteiger partial charge < -0.3 is 5.73 Å². The van der Waals surface area contributed by atoms with Crippen LogP contribution in [0.1, 0.15) is 0 Å². The molecule has 0 amide bonds. The third-order valence-corrected chi connectivity index (χ3v) is 2.36. The average Bonchev–Trinajstić information content (AvgIpc) is 2.52. The number of nitrogens with zero attached hydrogens (tertiary/aromatic N) is 4. The number of nitrogens with two attached hydrogens (primary N) is 1. The Labute approximate surface area is 85.5 Å². The van der Waals surface area contributed by atoms with Gasteiger partial charge in [-0.1, -0.05) is 12.1 Å². The zero-order chi connectivity index (χ0) is 10.4. The van der Waals surface area contributed by atoms with Crippen molar-refractivity contribution >= 4 is 28.0 Å². The Bertz CT molecular complexity index is 600. The van der Waals surface area contributed by atoms with E-state index >= 15 is 0 Å². The third kappa shape index (κ3) is 1.06. The first kappa shape index (κ1) is 8.16. The van der Waals surface area contributed by atoms with Crippen molar-refractivity contribution in [3.8, 4) is 0 Å². The van der Waals surface area contributed by atoms with Crippen molar-refractivity contribution in [1.82, 2.24) is 19.7 Å². The first-order chi connectivity index (χ1) is 7.25. The highest BCUT2D eigenvalue weighted by molar-refractivity contribution is 5.89. The fourth-order valence-electron chi connectivity index (χ4n) is 1.64. The van der Waals surface area contributed by atoms with Gasteiger partial charge in [0.25, 0.3) is 0 Å². The summed E-state index contributed by atoms with van der Waals surface area (Å²) < 4.78 is 1.64. The van der Waals surface area contributed by atoms with Crippen LogP contribution < -0.4 is 5.73 Å². The molecule has 15 heavy (non-hydrogen) atoms. The van der Waals surface area contributed by atoms with Gasteiger partial charge in [0.2, 0.25) is 0 Å². The van der Waals surface area contributed by atoms with Crippen molar-refractivity contribution < 1.29 is 0 Å². The first-order valence-corrected chi connectivity index (χ1v) is 4.60. The van der Waals surface area contributed by atoms with E-state index < -0.39 is 0 Å². The summed E-state index contributed by atoms with van der Waals surface area (Å²) in [5.74, 6) is 0.422. The molecule has 0 aliphatic carbocycles. The van der Waals surface area contributed by atoms with E-state index in [0.29, 0.717) is 17.0 Å². The first-order valence-electron chi connectivity index (χ1n) is 4.60. The van der Waals surface area contributed by atoms with E-state index in [0.717, 1.165) is 11.0 Å². The van der Waals surface area contributed by atoms with Crippen LogP contribution in [0, 0.1) is 0 Å². The number of aromatic nitrogens is 4. The van der Waals surface area contributed by atoms with Crippen molar-refractivity contribution in [2.75, 3.05) is 5.73 Å². The minimum Gasteiger partial charge on any atom is -0.380 e. The molecule has 5 heteroatoms. The second-order valence-electron chi connectivity index (χ2n) is 3.39. The maximum atomic E-state index is 5.73. The Kier molecular flexibility index (Phi) is 1.45. The summed E-state index contributed by atoms with van der Waals surface area (Å²) in [6.07, 6.45) is 0. The van der Waals surface area contributed by atoms with Gasteiger partial charge in [0.15, 0.2) is 17.0 Å². The second kappa shape index (κ2) is 2.66.